The van der Waals surface area contributed by atoms with E-state index in [0.29, 0.717) is 111 Å². The van der Waals surface area contributed by atoms with Crippen LogP contribution in [0.25, 0.3) is 0 Å². The monoisotopic (exact) mass is 1110 g/mol. The second-order valence-electron chi connectivity index (χ2n) is 19.7. The third kappa shape index (κ3) is 12.6. The molecule has 6 aromatic carbocycles. The minimum Gasteiger partial charge on any atom is -0.408 e. The maximum Gasteiger partial charge on any atom is 0.530 e. The molecule has 408 valence electrons. The van der Waals surface area contributed by atoms with Gasteiger partial charge in [0.1, 0.15) is 44.3 Å². The molecule has 0 bridgehead atoms. The summed E-state index contributed by atoms with van der Waals surface area (Å²) in [5, 5.41) is 0. The lowest BCUT2D eigenvalue weighted by molar-refractivity contribution is -0.0456. The lowest BCUT2D eigenvalue weighted by Gasteiger charge is -2.27. The predicted octanol–water partition coefficient (Wildman–Crippen LogP) is 13.6. The van der Waals surface area contributed by atoms with E-state index in [1.54, 1.807) is 48.5 Å². The van der Waals surface area contributed by atoms with Gasteiger partial charge in [0.2, 0.25) is 9.84 Å². The fourth-order valence-corrected chi connectivity index (χ4v) is 12.6. The molecule has 77 heavy (non-hydrogen) atoms. The second kappa shape index (κ2) is 24.3. The quantitative estimate of drug-likeness (QED) is 0.0589. The van der Waals surface area contributed by atoms with Crippen LogP contribution < -0.4 is 27.1 Å². The van der Waals surface area contributed by atoms with Gasteiger partial charge in [-0.2, -0.15) is 0 Å². The zero-order valence-corrected chi connectivity index (χ0v) is 46.5. The highest BCUT2D eigenvalue weighted by atomic mass is 32.2. The minimum atomic E-state index is -4.66. The van der Waals surface area contributed by atoms with E-state index >= 15 is 8.42 Å². The largest absolute Gasteiger partial charge is 0.530 e. The van der Waals surface area contributed by atoms with Crippen molar-refractivity contribution in [3.63, 3.8) is 0 Å². The molecule has 19 heteroatoms. The van der Waals surface area contributed by atoms with Crippen LogP contribution in [0.4, 0.5) is 0 Å². The minimum absolute atomic E-state index is 0.0414. The molecule has 4 fully saturated rings. The van der Waals surface area contributed by atoms with Crippen LogP contribution in [0.3, 0.4) is 0 Å². The summed E-state index contributed by atoms with van der Waals surface area (Å²) < 4.78 is 121. The molecule has 0 aromatic heterocycles. The molecule has 10 rings (SSSR count). The normalized spacial score (nSPS) is 17.1. The number of hydrogen-bond donors (Lipinski definition) is 0. The van der Waals surface area contributed by atoms with E-state index in [0.717, 1.165) is 11.1 Å². The molecule has 0 amide bonds. The SMILES string of the molecule is CCC(C)(C)c1ccc(OP(Oc2ccccc2C2OCCO2)Oc2ccccc2C2OCCO2)c(S(=O)(=O)c2cc(C(C)(C)CC)ccc2OP(Oc2ccccc2C2OCCO2)Oc2ccccc2C2OCCO2)c1. The molecule has 6 aromatic rings. The van der Waals surface area contributed by atoms with E-state index in [-0.39, 0.29) is 21.3 Å². The van der Waals surface area contributed by atoms with Crippen molar-refractivity contribution in [3.05, 3.63) is 167 Å². The van der Waals surface area contributed by atoms with Crippen molar-refractivity contribution in [1.82, 2.24) is 0 Å². The van der Waals surface area contributed by atoms with E-state index < -0.39 is 63.0 Å². The van der Waals surface area contributed by atoms with Gasteiger partial charge in [-0.05, 0) is 83.3 Å². The highest BCUT2D eigenvalue weighted by molar-refractivity contribution is 7.91. The summed E-state index contributed by atoms with van der Waals surface area (Å²) in [6.45, 7) is 15.5. The van der Waals surface area contributed by atoms with Gasteiger partial charge in [0, 0.05) is 0 Å². The molecule has 0 atom stereocenters. The Labute approximate surface area is 452 Å². The summed E-state index contributed by atoms with van der Waals surface area (Å²) in [6.07, 6.45) is -1.47. The maximum atomic E-state index is 16.3. The van der Waals surface area contributed by atoms with Crippen LogP contribution in [-0.4, -0.2) is 61.3 Å². The molecule has 0 unspecified atom stereocenters. The van der Waals surface area contributed by atoms with Crippen LogP contribution in [0, 0.1) is 0 Å². The number of ether oxygens (including phenoxy) is 8. The third-order valence-corrected chi connectivity index (χ3v) is 17.9. The Morgan fingerprint density at radius 1 is 0.390 bits per heavy atom. The number of para-hydroxylation sites is 4. The number of sulfone groups is 1. The molecule has 0 aliphatic carbocycles. The van der Waals surface area contributed by atoms with Gasteiger partial charge in [0.05, 0.1) is 75.1 Å². The van der Waals surface area contributed by atoms with Crippen molar-refractivity contribution in [2.24, 2.45) is 0 Å². The van der Waals surface area contributed by atoms with Gasteiger partial charge in [-0.25, -0.2) is 8.42 Å². The lowest BCUT2D eigenvalue weighted by atomic mass is 9.82. The van der Waals surface area contributed by atoms with Crippen molar-refractivity contribution < 1.29 is 73.5 Å². The molecular formula is C58H64O16P2S. The average Bonchev–Trinajstić information content (AvgIpc) is 4.33. The molecule has 0 N–H and O–H groups in total. The van der Waals surface area contributed by atoms with Gasteiger partial charge in [-0.15, -0.1) is 0 Å². The average molecular weight is 1110 g/mol. The predicted molar refractivity (Wildman–Crippen MR) is 287 cm³/mol. The molecule has 0 radical (unpaired) electrons. The molecule has 4 aliphatic rings. The van der Waals surface area contributed by atoms with E-state index in [9.17, 15) is 0 Å². The maximum absolute atomic E-state index is 16.3. The van der Waals surface area contributed by atoms with E-state index in [1.165, 1.54) is 0 Å². The molecule has 0 spiro atoms. The number of rotatable bonds is 22. The highest BCUT2D eigenvalue weighted by Gasteiger charge is 2.38. The first kappa shape index (κ1) is 54.9. The van der Waals surface area contributed by atoms with E-state index in [1.807, 2.05) is 84.9 Å². The summed E-state index contributed by atoms with van der Waals surface area (Å²) in [4.78, 5) is -0.320. The van der Waals surface area contributed by atoms with Crippen molar-refractivity contribution in [3.8, 4) is 34.5 Å². The van der Waals surface area contributed by atoms with E-state index in [2.05, 4.69) is 41.5 Å². The van der Waals surface area contributed by atoms with Gasteiger partial charge in [0.15, 0.2) is 25.2 Å². The molecule has 16 nitrogen and oxygen atoms in total. The van der Waals surface area contributed by atoms with Crippen molar-refractivity contribution in [2.75, 3.05) is 52.9 Å². The fourth-order valence-electron chi connectivity index (χ4n) is 8.73. The first-order valence-corrected chi connectivity index (χ1v) is 29.5. The zero-order valence-electron chi connectivity index (χ0n) is 43.9. The standard InChI is InChI=1S/C58H64O16P2S/c1-7-57(3,4)39-25-27-49(73-75(69-45-21-13-9-17-41(45)53-61-29-30-62-53)70-46-22-14-10-18-42(46)54-63-31-32-64-54)51(37-39)77(59,60)52-38-40(58(5,6)8-2)26-28-50(52)74-76(71-47-23-15-11-19-43(47)55-65-33-34-66-55)72-48-24-16-12-20-44(48)56-67-35-36-68-56/h9-28,37-38,53-56H,7-8,29-36H2,1-6H3. The Hall–Kier alpha value is -5.39. The van der Waals surface area contributed by atoms with Crippen LogP contribution in [0.2, 0.25) is 0 Å². The first-order chi connectivity index (χ1) is 37.3. The van der Waals surface area contributed by atoms with Gasteiger partial charge in [-0.1, -0.05) is 126 Å². The summed E-state index contributed by atoms with van der Waals surface area (Å²) >= 11 is 0. The summed E-state index contributed by atoms with van der Waals surface area (Å²) in [7, 11) is -9.74. The number of benzene rings is 6. The molecule has 0 saturated carbocycles. The third-order valence-electron chi connectivity index (χ3n) is 14.0. The molecular weight excluding hydrogens is 1050 g/mol. The van der Waals surface area contributed by atoms with Crippen molar-refractivity contribution >= 4 is 27.0 Å². The lowest BCUT2D eigenvalue weighted by Crippen LogP contribution is -2.18. The second-order valence-corrected chi connectivity index (χ2v) is 23.6. The molecule has 4 heterocycles. The van der Waals surface area contributed by atoms with Crippen LogP contribution in [0.1, 0.15) is 113 Å². The Kier molecular flexibility index (Phi) is 17.4. The topological polar surface area (TPSA) is 163 Å². The number of hydrogen-bond acceptors (Lipinski definition) is 16. The highest BCUT2D eigenvalue weighted by Crippen LogP contribution is 2.52. The van der Waals surface area contributed by atoms with Crippen molar-refractivity contribution in [2.45, 2.75) is 100 Å². The van der Waals surface area contributed by atoms with Crippen LogP contribution >= 0.6 is 17.2 Å². The fraction of sp³-hybridized carbons (Fsp3) is 0.379. The summed E-state index contributed by atoms with van der Waals surface area (Å²) in [6, 6.07) is 39.4. The summed E-state index contributed by atoms with van der Waals surface area (Å²) in [5.41, 5.74) is 2.96. The Bertz CT molecular complexity index is 2750. The van der Waals surface area contributed by atoms with Crippen LogP contribution in [0.5, 0.6) is 34.5 Å². The van der Waals surface area contributed by atoms with E-state index in [4.69, 9.17) is 65.0 Å². The smallest absolute Gasteiger partial charge is 0.408 e. The van der Waals surface area contributed by atoms with Gasteiger partial charge < -0.3 is 65.0 Å². The Morgan fingerprint density at radius 2 is 0.636 bits per heavy atom. The van der Waals surface area contributed by atoms with Gasteiger partial charge in [0.25, 0.3) is 0 Å². The Balaban J connectivity index is 1.10. The first-order valence-electron chi connectivity index (χ1n) is 25.8. The summed E-state index contributed by atoms with van der Waals surface area (Å²) in [5.74, 6) is 1.32. The van der Waals surface area contributed by atoms with Gasteiger partial charge >= 0.3 is 17.2 Å². The molecule has 4 aliphatic heterocycles. The van der Waals surface area contributed by atoms with Crippen LogP contribution in [0.15, 0.2) is 143 Å². The van der Waals surface area contributed by atoms with Crippen molar-refractivity contribution in [1.29, 1.82) is 0 Å². The van der Waals surface area contributed by atoms with Gasteiger partial charge in [-0.3, -0.25) is 0 Å². The molecule has 4 saturated heterocycles. The Morgan fingerprint density at radius 3 is 0.896 bits per heavy atom. The zero-order chi connectivity index (χ0) is 53.6. The van der Waals surface area contributed by atoms with Crippen LogP contribution in [-0.2, 0) is 58.6 Å².